The van der Waals surface area contributed by atoms with Crippen LogP contribution in [0.4, 0.5) is 5.82 Å². The number of halogens is 1. The van der Waals surface area contributed by atoms with E-state index in [0.717, 1.165) is 16.2 Å². The summed E-state index contributed by atoms with van der Waals surface area (Å²) in [5.74, 6) is 0.535. The third-order valence-corrected chi connectivity index (χ3v) is 2.53. The molecular formula is C9H8BrN3. The maximum absolute atomic E-state index is 5.71. The number of aromatic nitrogens is 2. The third kappa shape index (κ3) is 1.49. The second-order valence-corrected chi connectivity index (χ2v) is 3.30. The lowest BCUT2D eigenvalue weighted by atomic mass is 10.1. The minimum absolute atomic E-state index is 0.535. The van der Waals surface area contributed by atoms with Gasteiger partial charge < -0.3 is 5.73 Å². The van der Waals surface area contributed by atoms with Crippen LogP contribution >= 0.6 is 15.9 Å². The largest absolute Gasteiger partial charge is 0.383 e. The fourth-order valence-electron chi connectivity index (χ4n) is 1.21. The van der Waals surface area contributed by atoms with Crippen LogP contribution in [0.5, 0.6) is 0 Å². The first kappa shape index (κ1) is 8.44. The predicted octanol–water partition coefficient (Wildman–Crippen LogP) is 2.11. The van der Waals surface area contributed by atoms with Crippen LogP contribution in [0.1, 0.15) is 5.56 Å². The minimum Gasteiger partial charge on any atom is -0.383 e. The van der Waals surface area contributed by atoms with Gasteiger partial charge in [0.2, 0.25) is 0 Å². The van der Waals surface area contributed by atoms with Crippen LogP contribution in [0, 0.1) is 0 Å². The number of alkyl halides is 1. The summed E-state index contributed by atoms with van der Waals surface area (Å²) in [6.45, 7) is 0. The van der Waals surface area contributed by atoms with Crippen molar-refractivity contribution in [3.8, 4) is 0 Å². The molecule has 0 unspecified atom stereocenters. The van der Waals surface area contributed by atoms with Crippen molar-refractivity contribution in [1.29, 1.82) is 0 Å². The van der Waals surface area contributed by atoms with Crippen molar-refractivity contribution < 1.29 is 0 Å². The number of nitrogen functional groups attached to an aromatic ring is 1. The van der Waals surface area contributed by atoms with Gasteiger partial charge in [-0.2, -0.15) is 0 Å². The average molecular weight is 238 g/mol. The smallest absolute Gasteiger partial charge is 0.134 e. The molecule has 0 fully saturated rings. The van der Waals surface area contributed by atoms with Gasteiger partial charge >= 0.3 is 0 Å². The first-order valence-corrected chi connectivity index (χ1v) is 4.98. The number of nitrogens with two attached hydrogens (primary N) is 1. The van der Waals surface area contributed by atoms with Crippen LogP contribution in [0.25, 0.3) is 10.9 Å². The Morgan fingerprint density at radius 2 is 2.15 bits per heavy atom. The molecule has 3 nitrogen and oxygen atoms in total. The molecule has 1 aromatic carbocycles. The van der Waals surface area contributed by atoms with Gasteiger partial charge in [0.25, 0.3) is 0 Å². The zero-order valence-electron chi connectivity index (χ0n) is 6.87. The maximum atomic E-state index is 5.71. The predicted molar refractivity (Wildman–Crippen MR) is 56.6 cm³/mol. The molecule has 1 aromatic heterocycles. The lowest BCUT2D eigenvalue weighted by Gasteiger charge is -2.01. The average Bonchev–Trinajstić information content (AvgIpc) is 2.18. The summed E-state index contributed by atoms with van der Waals surface area (Å²) in [7, 11) is 0. The molecule has 0 saturated heterocycles. The molecular weight excluding hydrogens is 230 g/mol. The summed E-state index contributed by atoms with van der Waals surface area (Å²) < 4.78 is 0. The summed E-state index contributed by atoms with van der Waals surface area (Å²) in [5.41, 5.74) is 7.77. The highest BCUT2D eigenvalue weighted by molar-refractivity contribution is 9.08. The Kier molecular flexibility index (Phi) is 2.14. The van der Waals surface area contributed by atoms with Crippen molar-refractivity contribution in [3.05, 3.63) is 30.1 Å². The van der Waals surface area contributed by atoms with Crippen LogP contribution in [0.3, 0.4) is 0 Å². The summed E-state index contributed by atoms with van der Waals surface area (Å²) in [5, 5.41) is 1.73. The highest BCUT2D eigenvalue weighted by Crippen LogP contribution is 2.19. The van der Waals surface area contributed by atoms with E-state index in [9.17, 15) is 0 Å². The van der Waals surface area contributed by atoms with E-state index in [2.05, 4.69) is 25.9 Å². The fourth-order valence-corrected chi connectivity index (χ4v) is 1.56. The van der Waals surface area contributed by atoms with Gasteiger partial charge in [0.1, 0.15) is 12.1 Å². The Morgan fingerprint density at radius 3 is 2.92 bits per heavy atom. The molecule has 2 rings (SSSR count). The van der Waals surface area contributed by atoms with Crippen molar-refractivity contribution in [2.24, 2.45) is 0 Å². The van der Waals surface area contributed by atoms with Crippen molar-refractivity contribution in [2.45, 2.75) is 5.33 Å². The topological polar surface area (TPSA) is 51.8 Å². The molecule has 0 aliphatic rings. The molecule has 1 heterocycles. The second kappa shape index (κ2) is 3.30. The fraction of sp³-hybridized carbons (Fsp3) is 0.111. The Bertz CT molecular complexity index is 442. The molecule has 66 valence electrons. The minimum atomic E-state index is 0.535. The highest BCUT2D eigenvalue weighted by Gasteiger charge is 2.00. The Hall–Kier alpha value is -1.16. The molecule has 0 atom stereocenters. The van der Waals surface area contributed by atoms with Gasteiger partial charge in [-0.05, 0) is 17.7 Å². The molecule has 0 amide bonds. The van der Waals surface area contributed by atoms with Crippen LogP contribution < -0.4 is 5.73 Å². The number of hydrogen-bond acceptors (Lipinski definition) is 3. The molecule has 0 aliphatic carbocycles. The first-order valence-electron chi connectivity index (χ1n) is 3.86. The van der Waals surface area contributed by atoms with Gasteiger partial charge in [0.15, 0.2) is 0 Å². The van der Waals surface area contributed by atoms with Crippen molar-refractivity contribution in [2.75, 3.05) is 5.73 Å². The summed E-state index contributed by atoms with van der Waals surface area (Å²) in [4.78, 5) is 8.05. The zero-order valence-corrected chi connectivity index (χ0v) is 8.45. The highest BCUT2D eigenvalue weighted by atomic mass is 79.9. The van der Waals surface area contributed by atoms with Gasteiger partial charge in [0, 0.05) is 10.7 Å². The third-order valence-electron chi connectivity index (χ3n) is 1.88. The van der Waals surface area contributed by atoms with Crippen LogP contribution in [-0.4, -0.2) is 9.97 Å². The maximum Gasteiger partial charge on any atom is 0.134 e. The molecule has 4 heteroatoms. The van der Waals surface area contributed by atoms with Crippen LogP contribution in [0.2, 0.25) is 0 Å². The van der Waals surface area contributed by atoms with E-state index in [1.54, 1.807) is 0 Å². The van der Waals surface area contributed by atoms with Crippen LogP contribution in [-0.2, 0) is 5.33 Å². The first-order chi connectivity index (χ1) is 6.31. The normalized spacial score (nSPS) is 10.5. The molecule has 13 heavy (non-hydrogen) atoms. The Labute approximate surface area is 84.1 Å². The van der Waals surface area contributed by atoms with Crippen molar-refractivity contribution in [3.63, 3.8) is 0 Å². The Morgan fingerprint density at radius 1 is 1.31 bits per heavy atom. The van der Waals surface area contributed by atoms with Crippen molar-refractivity contribution in [1.82, 2.24) is 9.97 Å². The quantitative estimate of drug-likeness (QED) is 0.774. The van der Waals surface area contributed by atoms with Gasteiger partial charge in [-0.1, -0.05) is 22.0 Å². The van der Waals surface area contributed by atoms with E-state index < -0.39 is 0 Å². The molecule has 0 aliphatic heterocycles. The van der Waals surface area contributed by atoms with E-state index in [1.807, 2.05) is 18.2 Å². The molecule has 0 bridgehead atoms. The van der Waals surface area contributed by atoms with E-state index in [1.165, 1.54) is 11.9 Å². The molecule has 2 aromatic rings. The molecule has 0 spiro atoms. The van der Waals surface area contributed by atoms with E-state index >= 15 is 0 Å². The van der Waals surface area contributed by atoms with E-state index in [4.69, 9.17) is 5.73 Å². The number of benzene rings is 1. The van der Waals surface area contributed by atoms with Gasteiger partial charge in [-0.25, -0.2) is 9.97 Å². The number of rotatable bonds is 1. The molecule has 0 saturated carbocycles. The number of nitrogens with zero attached hydrogens (tertiary/aromatic N) is 2. The SMILES string of the molecule is Nc1ncnc2ccc(CBr)cc12. The van der Waals surface area contributed by atoms with E-state index in [0.29, 0.717) is 5.82 Å². The van der Waals surface area contributed by atoms with Gasteiger partial charge in [-0.15, -0.1) is 0 Å². The van der Waals surface area contributed by atoms with Crippen molar-refractivity contribution >= 4 is 32.7 Å². The second-order valence-electron chi connectivity index (χ2n) is 2.74. The number of hydrogen-bond donors (Lipinski definition) is 1. The summed E-state index contributed by atoms with van der Waals surface area (Å²) in [6, 6.07) is 5.97. The van der Waals surface area contributed by atoms with E-state index in [-0.39, 0.29) is 0 Å². The summed E-state index contributed by atoms with van der Waals surface area (Å²) >= 11 is 3.39. The standard InChI is InChI=1S/C9H8BrN3/c10-4-6-1-2-8-7(3-6)9(11)13-5-12-8/h1-3,5H,4H2,(H2,11,12,13). The van der Waals surface area contributed by atoms with Gasteiger partial charge in [-0.3, -0.25) is 0 Å². The number of anilines is 1. The van der Waals surface area contributed by atoms with Gasteiger partial charge in [0.05, 0.1) is 5.52 Å². The zero-order chi connectivity index (χ0) is 9.26. The molecule has 2 N–H and O–H groups in total. The number of fused-ring (bicyclic) bond motifs is 1. The van der Waals surface area contributed by atoms with Crippen LogP contribution in [0.15, 0.2) is 24.5 Å². The molecule has 0 radical (unpaired) electrons. The lowest BCUT2D eigenvalue weighted by Crippen LogP contribution is -1.93. The monoisotopic (exact) mass is 237 g/mol. The summed E-state index contributed by atoms with van der Waals surface area (Å²) in [6.07, 6.45) is 1.48. The Balaban J connectivity index is 2.74. The lowest BCUT2D eigenvalue weighted by molar-refractivity contribution is 1.23.